The van der Waals surface area contributed by atoms with Crippen molar-refractivity contribution in [1.82, 2.24) is 14.8 Å². The summed E-state index contributed by atoms with van der Waals surface area (Å²) in [4.78, 5) is 34.2. The Bertz CT molecular complexity index is 831. The Kier molecular flexibility index (Phi) is 5.74. The highest BCUT2D eigenvalue weighted by atomic mass is 16.3. The topological polar surface area (TPSA) is 66.7 Å². The number of oxazole rings is 1. The van der Waals surface area contributed by atoms with Crippen molar-refractivity contribution >= 4 is 11.8 Å². The average molecular weight is 381 g/mol. The highest BCUT2D eigenvalue weighted by Gasteiger charge is 2.28. The van der Waals surface area contributed by atoms with Gasteiger partial charge in [0, 0.05) is 31.7 Å². The number of carbonyl (C=O) groups is 2. The molecule has 6 heteroatoms. The van der Waals surface area contributed by atoms with Gasteiger partial charge in [0.25, 0.3) is 11.8 Å². The Balaban J connectivity index is 1.65. The molecule has 0 saturated carbocycles. The third-order valence-electron chi connectivity index (χ3n) is 5.71. The minimum absolute atomic E-state index is 0.00488. The molecule has 2 aliphatic heterocycles. The second kappa shape index (κ2) is 8.59. The zero-order chi connectivity index (χ0) is 19.3. The normalized spacial score (nSPS) is 18.0. The molecule has 3 heterocycles. The van der Waals surface area contributed by atoms with Crippen molar-refractivity contribution < 1.29 is 14.0 Å². The third kappa shape index (κ3) is 3.81. The average Bonchev–Trinajstić information content (AvgIpc) is 3.08. The van der Waals surface area contributed by atoms with Crippen molar-refractivity contribution in [2.75, 3.05) is 26.2 Å². The van der Waals surface area contributed by atoms with Gasteiger partial charge in [-0.3, -0.25) is 9.59 Å². The van der Waals surface area contributed by atoms with E-state index >= 15 is 0 Å². The molecule has 6 nitrogen and oxygen atoms in total. The highest BCUT2D eigenvalue weighted by Crippen LogP contribution is 2.29. The van der Waals surface area contributed by atoms with E-state index in [1.165, 1.54) is 19.2 Å². The first kappa shape index (κ1) is 18.7. The number of hydrogen-bond donors (Lipinski definition) is 0. The number of carbonyl (C=O) groups excluding carboxylic acids is 2. The van der Waals surface area contributed by atoms with Crippen LogP contribution in [0.3, 0.4) is 0 Å². The first-order chi connectivity index (χ1) is 13.8. The van der Waals surface area contributed by atoms with E-state index < -0.39 is 0 Å². The van der Waals surface area contributed by atoms with Crippen molar-refractivity contribution in [2.45, 2.75) is 44.9 Å². The maximum Gasteiger partial charge on any atom is 0.276 e. The lowest BCUT2D eigenvalue weighted by Crippen LogP contribution is -2.36. The molecule has 28 heavy (non-hydrogen) atoms. The van der Waals surface area contributed by atoms with Crippen molar-refractivity contribution in [3.63, 3.8) is 0 Å². The molecule has 0 spiro atoms. The molecule has 0 N–H and O–H groups in total. The predicted octanol–water partition coefficient (Wildman–Crippen LogP) is 3.98. The van der Waals surface area contributed by atoms with E-state index in [2.05, 4.69) is 4.98 Å². The van der Waals surface area contributed by atoms with Crippen LogP contribution in [-0.2, 0) is 0 Å². The second-order valence-electron chi connectivity index (χ2n) is 7.63. The largest absolute Gasteiger partial charge is 0.443 e. The number of likely N-dealkylation sites (tertiary alicyclic amines) is 2. The van der Waals surface area contributed by atoms with E-state index in [0.29, 0.717) is 22.6 Å². The number of hydrogen-bond acceptors (Lipinski definition) is 4. The van der Waals surface area contributed by atoms with E-state index in [0.717, 1.165) is 58.3 Å². The highest BCUT2D eigenvalue weighted by molar-refractivity contribution is 6.04. The molecule has 2 amide bonds. The van der Waals surface area contributed by atoms with Crippen LogP contribution >= 0.6 is 0 Å². The van der Waals surface area contributed by atoms with Gasteiger partial charge in [0.05, 0.1) is 5.56 Å². The Morgan fingerprint density at radius 2 is 1.36 bits per heavy atom. The minimum atomic E-state index is -0.111. The summed E-state index contributed by atoms with van der Waals surface area (Å²) in [5.74, 6) is 0.292. The van der Waals surface area contributed by atoms with Crippen LogP contribution in [-0.4, -0.2) is 52.8 Å². The van der Waals surface area contributed by atoms with Crippen LogP contribution in [0.2, 0.25) is 0 Å². The van der Waals surface area contributed by atoms with Gasteiger partial charge in [0.15, 0.2) is 17.8 Å². The lowest BCUT2D eigenvalue weighted by atomic mass is 10.0. The molecule has 0 bridgehead atoms. The molecule has 148 valence electrons. The number of rotatable bonds is 3. The van der Waals surface area contributed by atoms with Crippen LogP contribution in [0.1, 0.15) is 65.8 Å². The molecule has 2 fully saturated rings. The van der Waals surface area contributed by atoms with Gasteiger partial charge in [-0.15, -0.1) is 0 Å². The van der Waals surface area contributed by atoms with Crippen LogP contribution < -0.4 is 0 Å². The van der Waals surface area contributed by atoms with Crippen molar-refractivity contribution in [3.8, 4) is 11.3 Å². The second-order valence-corrected chi connectivity index (χ2v) is 7.63. The summed E-state index contributed by atoms with van der Waals surface area (Å²) in [7, 11) is 0. The van der Waals surface area contributed by atoms with Crippen molar-refractivity contribution in [2.24, 2.45) is 0 Å². The molecule has 2 aliphatic rings. The Labute approximate surface area is 165 Å². The number of piperidine rings is 1. The quantitative estimate of drug-likeness (QED) is 0.806. The number of nitrogens with zero attached hydrogens (tertiary/aromatic N) is 3. The fourth-order valence-electron chi connectivity index (χ4n) is 4.15. The Morgan fingerprint density at radius 1 is 0.786 bits per heavy atom. The van der Waals surface area contributed by atoms with Crippen LogP contribution in [0.4, 0.5) is 0 Å². The zero-order valence-corrected chi connectivity index (χ0v) is 16.2. The molecule has 1 aromatic heterocycles. The molecule has 2 saturated heterocycles. The van der Waals surface area contributed by atoms with E-state index in [4.69, 9.17) is 4.42 Å². The maximum absolute atomic E-state index is 13.2. The Hall–Kier alpha value is -2.63. The number of benzene rings is 1. The smallest absolute Gasteiger partial charge is 0.276 e. The molecular weight excluding hydrogens is 354 g/mol. The van der Waals surface area contributed by atoms with E-state index in [1.807, 2.05) is 34.1 Å². The summed E-state index contributed by atoms with van der Waals surface area (Å²) in [5.41, 5.74) is 1.53. The molecule has 1 aromatic carbocycles. The summed E-state index contributed by atoms with van der Waals surface area (Å²) in [5, 5.41) is 0. The van der Waals surface area contributed by atoms with Gasteiger partial charge in [-0.2, -0.15) is 0 Å². The zero-order valence-electron chi connectivity index (χ0n) is 16.2. The van der Waals surface area contributed by atoms with Crippen LogP contribution in [0, 0.1) is 0 Å². The van der Waals surface area contributed by atoms with E-state index in [-0.39, 0.29) is 11.8 Å². The summed E-state index contributed by atoms with van der Waals surface area (Å²) in [6, 6.07) is 7.39. The Morgan fingerprint density at radius 3 is 2.04 bits per heavy atom. The van der Waals surface area contributed by atoms with Crippen molar-refractivity contribution in [3.05, 3.63) is 41.9 Å². The van der Waals surface area contributed by atoms with Crippen LogP contribution in [0.25, 0.3) is 11.3 Å². The standard InChI is InChI=1S/C22H27N3O3/c26-21(24-12-6-1-2-7-13-24)18-11-5-4-10-17(18)20-19(23-16-28-20)22(27)25-14-8-3-9-15-25/h4-5,10-11,16H,1-3,6-9,12-15H2. The van der Waals surface area contributed by atoms with Gasteiger partial charge < -0.3 is 14.2 Å². The molecule has 0 atom stereocenters. The van der Waals surface area contributed by atoms with Gasteiger partial charge in [-0.1, -0.05) is 31.0 Å². The van der Waals surface area contributed by atoms with Gasteiger partial charge in [-0.25, -0.2) is 4.98 Å². The summed E-state index contributed by atoms with van der Waals surface area (Å²) in [6.07, 6.45) is 8.90. The van der Waals surface area contributed by atoms with Crippen LogP contribution in [0.5, 0.6) is 0 Å². The summed E-state index contributed by atoms with van der Waals surface area (Å²) >= 11 is 0. The third-order valence-corrected chi connectivity index (χ3v) is 5.71. The molecule has 0 radical (unpaired) electrons. The van der Waals surface area contributed by atoms with E-state index in [1.54, 1.807) is 0 Å². The molecule has 0 unspecified atom stereocenters. The molecule has 0 aliphatic carbocycles. The first-order valence-electron chi connectivity index (χ1n) is 10.4. The van der Waals surface area contributed by atoms with Gasteiger partial charge >= 0.3 is 0 Å². The fourth-order valence-corrected chi connectivity index (χ4v) is 4.15. The SMILES string of the molecule is O=C(c1ccccc1-c1ocnc1C(=O)N1CCCCC1)N1CCCCCC1. The number of amides is 2. The molecule has 2 aromatic rings. The fraction of sp³-hybridized carbons (Fsp3) is 0.500. The maximum atomic E-state index is 13.2. The monoisotopic (exact) mass is 381 g/mol. The van der Waals surface area contributed by atoms with Gasteiger partial charge in [-0.05, 0) is 38.2 Å². The summed E-state index contributed by atoms with van der Waals surface area (Å²) < 4.78 is 5.64. The van der Waals surface area contributed by atoms with Crippen molar-refractivity contribution in [1.29, 1.82) is 0 Å². The molecule has 4 rings (SSSR count). The lowest BCUT2D eigenvalue weighted by Gasteiger charge is -2.26. The lowest BCUT2D eigenvalue weighted by molar-refractivity contribution is 0.0717. The number of aromatic nitrogens is 1. The summed E-state index contributed by atoms with van der Waals surface area (Å²) in [6.45, 7) is 3.06. The minimum Gasteiger partial charge on any atom is -0.443 e. The van der Waals surface area contributed by atoms with Gasteiger partial charge in [0.2, 0.25) is 0 Å². The van der Waals surface area contributed by atoms with Gasteiger partial charge in [0.1, 0.15) is 0 Å². The predicted molar refractivity (Wildman–Crippen MR) is 106 cm³/mol. The molecular formula is C22H27N3O3. The van der Waals surface area contributed by atoms with E-state index in [9.17, 15) is 9.59 Å². The van der Waals surface area contributed by atoms with Crippen LogP contribution in [0.15, 0.2) is 35.1 Å². The first-order valence-corrected chi connectivity index (χ1v) is 10.4.